The molecule has 9 amide bonds. The maximum Gasteiger partial charge on any atom is 0.429 e. The topological polar surface area (TPSA) is 308 Å². The Balaban J connectivity index is 1.09. The normalized spacial score (nSPS) is 23.7. The predicted molar refractivity (Wildman–Crippen MR) is 313 cm³/mol. The second-order valence-electron chi connectivity index (χ2n) is 22.5. The summed E-state index contributed by atoms with van der Waals surface area (Å²) in [4.78, 5) is 114. The predicted octanol–water partition coefficient (Wildman–Crippen LogP) is 5.65. The molecule has 83 heavy (non-hydrogen) atoms. The molecule has 8 N–H and O–H groups in total. The Hall–Kier alpha value is -6.37. The molecule has 10 atom stereocenters. The molecule has 5 rings (SSSR count). The van der Waals surface area contributed by atoms with Crippen LogP contribution in [0.25, 0.3) is 0 Å². The van der Waals surface area contributed by atoms with Crippen molar-refractivity contribution >= 4 is 75.2 Å². The summed E-state index contributed by atoms with van der Waals surface area (Å²) in [6, 6.07) is 3.75. The van der Waals surface area contributed by atoms with E-state index in [4.69, 9.17) is 29.4 Å². The SMILES string of the molecule is CC(=O)O[C@@H](C)/C=C\C(=O)N[C@@H]1C[C@H](C)[C@H](C/C=C(C)/C=C/C2C[C@]3(CO3)C[C@@H](CC(=O)N3CCCCN3C(=O)OCc3ccc(NC(=O)[C@H](CCCNC(N)=O)NC(=O)[C@@H](NC(=O)CCCCCNC(=O)CBr)C(C)C)cc3)O2)O[C@@H]1C. The minimum atomic E-state index is -1.05. The smallest absolute Gasteiger partial charge is 0.429 e. The molecule has 4 fully saturated rings. The number of hydrazine groups is 1. The van der Waals surface area contributed by atoms with Gasteiger partial charge in [0, 0.05) is 64.1 Å². The first-order chi connectivity index (χ1) is 39.5. The van der Waals surface area contributed by atoms with Crippen LogP contribution in [0.4, 0.5) is 15.3 Å². The maximum atomic E-state index is 14.0. The number of esters is 1. The highest BCUT2D eigenvalue weighted by Gasteiger charge is 2.52. The number of allylic oxidation sites excluding steroid dienone is 2. The van der Waals surface area contributed by atoms with Gasteiger partial charge in [-0.25, -0.2) is 19.6 Å². The standard InChI is InChI=1S/C59H88BrN9O14/c1-37(2)54(67-50(71)15-9-8-10-26-62-52(73)34-60)56(76)66-47(14-13-27-63-57(61)77)55(75)64-44-21-19-43(20-22-44)35-79-58(78)69-29-12-11-28-68(69)53(74)31-46-33-59(36-80-59)32-45(83-46)23-16-38(3)17-24-49-39(4)30-48(41(6)82-49)65-51(72)25-18-40(5)81-42(7)70/h16-23,25,37,39-41,45-49,54H,8-15,24,26-36H2,1-7H3,(H,62,73)(H,64,75)(H,65,72)(H,66,76)(H,67,71)(H3,61,63,77)/b23-16+,25-18-,38-17+/t39-,40-,41+,45?,46+,47-,48+,49-,54-,59+/m0/s1. The average Bonchev–Trinajstić information content (AvgIpc) is 4.33. The molecule has 23 nitrogen and oxygen atoms in total. The summed E-state index contributed by atoms with van der Waals surface area (Å²) in [7, 11) is 0. The third-order valence-corrected chi connectivity index (χ3v) is 15.4. The number of unbranched alkanes of at least 4 members (excludes halogenated alkanes) is 2. The monoisotopic (exact) mass is 1230 g/mol. The number of halogens is 1. The van der Waals surface area contributed by atoms with Gasteiger partial charge in [0.25, 0.3) is 0 Å². The Morgan fingerprint density at radius 3 is 2.24 bits per heavy atom. The molecule has 0 radical (unpaired) electrons. The first-order valence-electron chi connectivity index (χ1n) is 29.1. The summed E-state index contributed by atoms with van der Waals surface area (Å²) in [5, 5.41) is 19.7. The second-order valence-corrected chi connectivity index (χ2v) is 23.0. The lowest BCUT2D eigenvalue weighted by Crippen LogP contribution is -2.54. The van der Waals surface area contributed by atoms with Gasteiger partial charge in [0.1, 0.15) is 24.8 Å². The summed E-state index contributed by atoms with van der Waals surface area (Å²) in [6.07, 6.45) is 13.6. The summed E-state index contributed by atoms with van der Waals surface area (Å²) >= 11 is 3.10. The van der Waals surface area contributed by atoms with E-state index in [0.717, 1.165) is 12.0 Å². The first-order valence-corrected chi connectivity index (χ1v) is 30.2. The number of hydrogen-bond donors (Lipinski definition) is 7. The van der Waals surface area contributed by atoms with Crippen molar-refractivity contribution < 1.29 is 66.8 Å². The molecule has 1 aromatic rings. The molecule has 0 saturated carbocycles. The summed E-state index contributed by atoms with van der Waals surface area (Å²) in [6.45, 7) is 14.4. The number of amides is 9. The summed E-state index contributed by atoms with van der Waals surface area (Å²) in [5.41, 5.74) is 6.90. The third kappa shape index (κ3) is 23.7. The van der Waals surface area contributed by atoms with Gasteiger partial charge < -0.3 is 61.3 Å². The fraction of sp³-hybridized carbons (Fsp3) is 0.644. The van der Waals surface area contributed by atoms with Crippen molar-refractivity contribution in [1.82, 2.24) is 36.6 Å². The third-order valence-electron chi connectivity index (χ3n) is 14.9. The highest BCUT2D eigenvalue weighted by molar-refractivity contribution is 9.09. The Morgan fingerprint density at radius 1 is 0.855 bits per heavy atom. The second kappa shape index (κ2) is 33.8. The number of anilines is 1. The van der Waals surface area contributed by atoms with Gasteiger partial charge in [-0.3, -0.25) is 33.6 Å². The quantitative estimate of drug-likeness (QED) is 0.0127. The van der Waals surface area contributed by atoms with E-state index in [1.807, 2.05) is 26.0 Å². The Morgan fingerprint density at radius 2 is 1.57 bits per heavy atom. The molecule has 1 aromatic carbocycles. The van der Waals surface area contributed by atoms with E-state index in [0.29, 0.717) is 95.3 Å². The lowest BCUT2D eigenvalue weighted by Gasteiger charge is -2.39. The largest absolute Gasteiger partial charge is 0.459 e. The number of urea groups is 1. The number of ether oxygens (including phenoxy) is 5. The van der Waals surface area contributed by atoms with Crippen molar-refractivity contribution in [3.05, 3.63) is 65.8 Å². The number of primary amides is 1. The molecule has 4 saturated heterocycles. The average molecular weight is 1230 g/mol. The van der Waals surface area contributed by atoms with Crippen LogP contribution < -0.4 is 37.6 Å². The lowest BCUT2D eigenvalue weighted by atomic mass is 9.88. The highest BCUT2D eigenvalue weighted by Crippen LogP contribution is 2.43. The molecule has 1 spiro atoms. The highest BCUT2D eigenvalue weighted by atomic mass is 79.9. The van der Waals surface area contributed by atoms with Crippen molar-refractivity contribution in [1.29, 1.82) is 0 Å². The van der Waals surface area contributed by atoms with E-state index in [1.165, 1.54) is 23.0 Å². The van der Waals surface area contributed by atoms with Gasteiger partial charge in [-0.1, -0.05) is 79.1 Å². The number of alkyl halides is 1. The number of nitrogens with zero attached hydrogens (tertiary/aromatic N) is 2. The van der Waals surface area contributed by atoms with Crippen LogP contribution >= 0.6 is 15.9 Å². The van der Waals surface area contributed by atoms with Crippen LogP contribution in [0.2, 0.25) is 0 Å². The van der Waals surface area contributed by atoms with E-state index < -0.39 is 54.2 Å². The molecule has 4 heterocycles. The van der Waals surface area contributed by atoms with Gasteiger partial charge in [-0.15, -0.1) is 0 Å². The number of epoxide rings is 1. The molecule has 0 bridgehead atoms. The van der Waals surface area contributed by atoms with Crippen LogP contribution in [0.3, 0.4) is 0 Å². The zero-order valence-electron chi connectivity index (χ0n) is 49.2. The van der Waals surface area contributed by atoms with Gasteiger partial charge in [0.2, 0.25) is 35.4 Å². The molecule has 0 aromatic heterocycles. The van der Waals surface area contributed by atoms with E-state index in [2.05, 4.69) is 60.8 Å². The van der Waals surface area contributed by atoms with E-state index in [9.17, 15) is 43.2 Å². The molecule has 1 unspecified atom stereocenters. The Bertz CT molecular complexity index is 2470. The van der Waals surface area contributed by atoms with Gasteiger partial charge in [0.15, 0.2) is 0 Å². The molecule has 460 valence electrons. The molecule has 24 heteroatoms. The molecule has 0 aliphatic carbocycles. The zero-order chi connectivity index (χ0) is 60.6. The van der Waals surface area contributed by atoms with Crippen molar-refractivity contribution in [2.24, 2.45) is 17.6 Å². The molecular formula is C59H88BrN9O14. The van der Waals surface area contributed by atoms with E-state index in [1.54, 1.807) is 51.1 Å². The summed E-state index contributed by atoms with van der Waals surface area (Å²) in [5.74, 6) is -2.59. The lowest BCUT2D eigenvalue weighted by molar-refractivity contribution is -0.155. The zero-order valence-corrected chi connectivity index (χ0v) is 50.8. The van der Waals surface area contributed by atoms with Gasteiger partial charge in [0.05, 0.1) is 54.4 Å². The minimum absolute atomic E-state index is 0.0407. The number of nitrogens with one attached hydrogen (secondary N) is 6. The Kier molecular flexibility index (Phi) is 27.5. The number of hydrogen-bond acceptors (Lipinski definition) is 14. The number of carbonyl (C=O) groups excluding carboxylic acids is 9. The maximum absolute atomic E-state index is 14.0. The fourth-order valence-electron chi connectivity index (χ4n) is 10.2. The number of rotatable bonds is 29. The minimum Gasteiger partial charge on any atom is -0.459 e. The summed E-state index contributed by atoms with van der Waals surface area (Å²) < 4.78 is 29.6. The fourth-order valence-corrected chi connectivity index (χ4v) is 10.4. The van der Waals surface area contributed by atoms with Gasteiger partial charge in [-0.05, 0) is 108 Å². The van der Waals surface area contributed by atoms with Crippen molar-refractivity contribution in [3.8, 4) is 0 Å². The van der Waals surface area contributed by atoms with E-state index in [-0.39, 0.29) is 103 Å². The van der Waals surface area contributed by atoms with E-state index >= 15 is 0 Å². The molecular weight excluding hydrogens is 1140 g/mol. The number of nitrogens with two attached hydrogens (primary N) is 1. The van der Waals surface area contributed by atoms with Crippen LogP contribution in [0.15, 0.2) is 60.2 Å². The van der Waals surface area contributed by atoms with Gasteiger partial charge in [-0.2, -0.15) is 0 Å². The number of carbonyl (C=O) groups is 9. The van der Waals surface area contributed by atoms with Crippen molar-refractivity contribution in [2.75, 3.05) is 43.4 Å². The van der Waals surface area contributed by atoms with Crippen LogP contribution in [-0.2, 0) is 63.9 Å². The molecule has 4 aliphatic rings. The van der Waals surface area contributed by atoms with Crippen molar-refractivity contribution in [2.45, 2.75) is 193 Å². The van der Waals surface area contributed by atoms with Crippen LogP contribution in [-0.4, -0.2) is 156 Å². The van der Waals surface area contributed by atoms with Gasteiger partial charge >= 0.3 is 18.1 Å². The Labute approximate surface area is 496 Å². The van der Waals surface area contributed by atoms with Crippen LogP contribution in [0, 0.1) is 11.8 Å². The number of benzene rings is 1. The molecule has 4 aliphatic heterocycles. The first kappa shape index (κ1) is 67.4. The van der Waals surface area contributed by atoms with Crippen LogP contribution in [0.1, 0.15) is 138 Å². The van der Waals surface area contributed by atoms with Crippen LogP contribution in [0.5, 0.6) is 0 Å². The van der Waals surface area contributed by atoms with Crippen molar-refractivity contribution in [3.63, 3.8) is 0 Å².